The molecule has 1 unspecified atom stereocenters. The van der Waals surface area contributed by atoms with E-state index in [0.29, 0.717) is 5.92 Å². The van der Waals surface area contributed by atoms with Gasteiger partial charge in [-0.1, -0.05) is 38.8 Å². The Morgan fingerprint density at radius 2 is 1.93 bits per heavy atom. The monoisotopic (exact) mass is 208 g/mol. The van der Waals surface area contributed by atoms with Crippen LogP contribution in [0.25, 0.3) is 0 Å². The third-order valence-corrected chi connectivity index (χ3v) is 2.93. The Morgan fingerprint density at radius 1 is 1.27 bits per heavy atom. The van der Waals surface area contributed by atoms with E-state index in [4.69, 9.17) is 4.74 Å². The summed E-state index contributed by atoms with van der Waals surface area (Å²) in [5.74, 6) is 1.13. The Balaban J connectivity index is 2.84. The van der Waals surface area contributed by atoms with Crippen LogP contribution in [0.3, 0.4) is 0 Å². The predicted molar refractivity (Wildman–Crippen MR) is 62.0 cm³/mol. The zero-order chi connectivity index (χ0) is 11.3. The highest BCUT2D eigenvalue weighted by atomic mass is 16.5. The van der Waals surface area contributed by atoms with E-state index in [1.165, 1.54) is 0 Å². The molecule has 0 spiro atoms. The van der Waals surface area contributed by atoms with Gasteiger partial charge in [-0.05, 0) is 23.6 Å². The largest absolute Gasteiger partial charge is 0.497 e. The third kappa shape index (κ3) is 2.96. The number of hydrogen-bond acceptors (Lipinski definition) is 2. The summed E-state index contributed by atoms with van der Waals surface area (Å²) in [6.45, 7) is 4.22. The zero-order valence-corrected chi connectivity index (χ0v) is 9.73. The molecule has 0 amide bonds. The topological polar surface area (TPSA) is 29.5 Å². The van der Waals surface area contributed by atoms with Crippen molar-refractivity contribution < 1.29 is 9.84 Å². The van der Waals surface area contributed by atoms with E-state index in [1.807, 2.05) is 24.3 Å². The van der Waals surface area contributed by atoms with E-state index in [9.17, 15) is 5.11 Å². The lowest BCUT2D eigenvalue weighted by Gasteiger charge is -2.20. The molecule has 0 radical (unpaired) electrons. The SMILES string of the molecule is CCC(CC)C(O)c1cccc(OC)c1. The maximum Gasteiger partial charge on any atom is 0.119 e. The molecule has 0 saturated heterocycles. The first-order valence-electron chi connectivity index (χ1n) is 5.54. The van der Waals surface area contributed by atoms with Crippen LogP contribution in [0.15, 0.2) is 24.3 Å². The van der Waals surface area contributed by atoms with Crippen molar-refractivity contribution in [1.29, 1.82) is 0 Å². The van der Waals surface area contributed by atoms with E-state index in [-0.39, 0.29) is 6.10 Å². The zero-order valence-electron chi connectivity index (χ0n) is 9.73. The summed E-state index contributed by atoms with van der Waals surface area (Å²) in [5.41, 5.74) is 0.947. The second kappa shape index (κ2) is 5.76. The lowest BCUT2D eigenvalue weighted by Crippen LogP contribution is -2.10. The van der Waals surface area contributed by atoms with E-state index in [0.717, 1.165) is 24.2 Å². The summed E-state index contributed by atoms with van der Waals surface area (Å²) in [4.78, 5) is 0. The average molecular weight is 208 g/mol. The Labute approximate surface area is 91.9 Å². The molecular weight excluding hydrogens is 188 g/mol. The Kier molecular flexibility index (Phi) is 4.63. The highest BCUT2D eigenvalue weighted by Crippen LogP contribution is 2.28. The lowest BCUT2D eigenvalue weighted by atomic mass is 9.91. The van der Waals surface area contributed by atoms with Crippen LogP contribution in [0, 0.1) is 5.92 Å². The van der Waals surface area contributed by atoms with Crippen molar-refractivity contribution in [2.75, 3.05) is 7.11 Å². The second-order valence-electron chi connectivity index (χ2n) is 3.80. The minimum absolute atomic E-state index is 0.331. The molecule has 0 bridgehead atoms. The Bertz CT molecular complexity index is 292. The molecular formula is C13H20O2. The average Bonchev–Trinajstić information content (AvgIpc) is 2.30. The van der Waals surface area contributed by atoms with Gasteiger partial charge in [0.05, 0.1) is 13.2 Å². The van der Waals surface area contributed by atoms with Crippen LogP contribution < -0.4 is 4.74 Å². The van der Waals surface area contributed by atoms with Crippen molar-refractivity contribution in [2.45, 2.75) is 32.8 Å². The number of hydrogen-bond donors (Lipinski definition) is 1. The molecule has 2 nitrogen and oxygen atoms in total. The minimum Gasteiger partial charge on any atom is -0.497 e. The molecule has 0 aliphatic rings. The fourth-order valence-corrected chi connectivity index (χ4v) is 1.83. The smallest absolute Gasteiger partial charge is 0.119 e. The summed E-state index contributed by atoms with van der Waals surface area (Å²) in [7, 11) is 1.64. The molecule has 1 atom stereocenters. The van der Waals surface area contributed by atoms with Crippen LogP contribution in [0.1, 0.15) is 38.4 Å². The number of rotatable bonds is 5. The van der Waals surface area contributed by atoms with Gasteiger partial charge in [0.25, 0.3) is 0 Å². The molecule has 1 aromatic carbocycles. The van der Waals surface area contributed by atoms with Crippen molar-refractivity contribution >= 4 is 0 Å². The predicted octanol–water partition coefficient (Wildman–Crippen LogP) is 3.16. The third-order valence-electron chi connectivity index (χ3n) is 2.93. The standard InChI is InChI=1S/C13H20O2/c1-4-10(5-2)13(14)11-7-6-8-12(9-11)15-3/h6-10,13-14H,4-5H2,1-3H3. The highest BCUT2D eigenvalue weighted by Gasteiger charge is 2.17. The summed E-state index contributed by atoms with van der Waals surface area (Å²) >= 11 is 0. The van der Waals surface area contributed by atoms with E-state index >= 15 is 0 Å². The maximum absolute atomic E-state index is 10.1. The number of aliphatic hydroxyl groups excluding tert-OH is 1. The van der Waals surface area contributed by atoms with Gasteiger partial charge in [-0.3, -0.25) is 0 Å². The van der Waals surface area contributed by atoms with E-state index in [1.54, 1.807) is 7.11 Å². The molecule has 0 saturated carbocycles. The molecule has 1 N–H and O–H groups in total. The number of methoxy groups -OCH3 is 1. The Hall–Kier alpha value is -1.02. The van der Waals surface area contributed by atoms with E-state index in [2.05, 4.69) is 13.8 Å². The fraction of sp³-hybridized carbons (Fsp3) is 0.538. The van der Waals surface area contributed by atoms with Crippen LogP contribution in [0.2, 0.25) is 0 Å². The van der Waals surface area contributed by atoms with Gasteiger partial charge >= 0.3 is 0 Å². The summed E-state index contributed by atoms with van der Waals surface area (Å²) in [5, 5.41) is 10.1. The van der Waals surface area contributed by atoms with Crippen molar-refractivity contribution in [1.82, 2.24) is 0 Å². The molecule has 1 aromatic rings. The van der Waals surface area contributed by atoms with E-state index < -0.39 is 0 Å². The summed E-state index contributed by atoms with van der Waals surface area (Å²) < 4.78 is 5.14. The van der Waals surface area contributed by atoms with Crippen LogP contribution >= 0.6 is 0 Å². The van der Waals surface area contributed by atoms with Crippen molar-refractivity contribution in [3.8, 4) is 5.75 Å². The van der Waals surface area contributed by atoms with Crippen molar-refractivity contribution in [3.63, 3.8) is 0 Å². The van der Waals surface area contributed by atoms with Crippen molar-refractivity contribution in [3.05, 3.63) is 29.8 Å². The molecule has 15 heavy (non-hydrogen) atoms. The Morgan fingerprint density at radius 3 is 2.47 bits per heavy atom. The first kappa shape index (κ1) is 12.1. The van der Waals surface area contributed by atoms with Gasteiger partial charge in [-0.15, -0.1) is 0 Å². The number of benzene rings is 1. The lowest BCUT2D eigenvalue weighted by molar-refractivity contribution is 0.103. The van der Waals surface area contributed by atoms with Crippen LogP contribution in [-0.4, -0.2) is 12.2 Å². The molecule has 84 valence electrons. The van der Waals surface area contributed by atoms with Gasteiger partial charge in [0.2, 0.25) is 0 Å². The maximum atomic E-state index is 10.1. The van der Waals surface area contributed by atoms with Crippen LogP contribution in [-0.2, 0) is 0 Å². The fourth-order valence-electron chi connectivity index (χ4n) is 1.83. The molecule has 0 aliphatic heterocycles. The molecule has 0 aromatic heterocycles. The summed E-state index contributed by atoms with van der Waals surface area (Å²) in [6.07, 6.45) is 1.61. The van der Waals surface area contributed by atoms with Gasteiger partial charge in [0.1, 0.15) is 5.75 Å². The summed E-state index contributed by atoms with van der Waals surface area (Å²) in [6, 6.07) is 7.66. The van der Waals surface area contributed by atoms with Crippen LogP contribution in [0.4, 0.5) is 0 Å². The van der Waals surface area contributed by atoms with Gasteiger partial charge in [-0.25, -0.2) is 0 Å². The normalized spacial score (nSPS) is 12.9. The molecule has 2 heteroatoms. The first-order valence-corrected chi connectivity index (χ1v) is 5.54. The van der Waals surface area contributed by atoms with Crippen LogP contribution in [0.5, 0.6) is 5.75 Å². The number of aliphatic hydroxyl groups is 1. The van der Waals surface area contributed by atoms with Gasteiger partial charge in [0, 0.05) is 0 Å². The minimum atomic E-state index is -0.380. The van der Waals surface area contributed by atoms with Crippen molar-refractivity contribution in [2.24, 2.45) is 5.92 Å². The molecule has 1 rings (SSSR count). The molecule has 0 heterocycles. The number of ether oxygens (including phenoxy) is 1. The van der Waals surface area contributed by atoms with Gasteiger partial charge in [0.15, 0.2) is 0 Å². The van der Waals surface area contributed by atoms with Gasteiger partial charge in [-0.2, -0.15) is 0 Å². The molecule has 0 fully saturated rings. The first-order chi connectivity index (χ1) is 7.22. The van der Waals surface area contributed by atoms with Gasteiger partial charge < -0.3 is 9.84 Å². The highest BCUT2D eigenvalue weighted by molar-refractivity contribution is 5.30. The second-order valence-corrected chi connectivity index (χ2v) is 3.80. The molecule has 0 aliphatic carbocycles. The quantitative estimate of drug-likeness (QED) is 0.805.